The summed E-state index contributed by atoms with van der Waals surface area (Å²) in [7, 11) is -3.69. The Balaban J connectivity index is 2.14. The number of sulfonamides is 1. The van der Waals surface area contributed by atoms with Gasteiger partial charge >= 0.3 is 0 Å². The Bertz CT molecular complexity index is 739. The van der Waals surface area contributed by atoms with Gasteiger partial charge < -0.3 is 4.74 Å². The van der Waals surface area contributed by atoms with Gasteiger partial charge in [-0.25, -0.2) is 0 Å². The average molecular weight is 318 g/mol. The third kappa shape index (κ3) is 4.08. The van der Waals surface area contributed by atoms with E-state index in [1.54, 1.807) is 19.1 Å². The van der Waals surface area contributed by atoms with Gasteiger partial charge in [0.2, 0.25) is 0 Å². The molecule has 0 aliphatic heterocycles. The van der Waals surface area contributed by atoms with Crippen molar-refractivity contribution in [1.82, 2.24) is 4.83 Å². The van der Waals surface area contributed by atoms with Gasteiger partial charge in [0.1, 0.15) is 5.75 Å². The molecule has 0 aliphatic carbocycles. The maximum absolute atomic E-state index is 12.2. The summed E-state index contributed by atoms with van der Waals surface area (Å²) < 4.78 is 29.6. The molecule has 2 rings (SSSR count). The minimum absolute atomic E-state index is 0.139. The summed E-state index contributed by atoms with van der Waals surface area (Å²) in [5, 5.41) is 3.95. The van der Waals surface area contributed by atoms with Crippen molar-refractivity contribution >= 4 is 15.7 Å². The van der Waals surface area contributed by atoms with E-state index >= 15 is 0 Å². The van der Waals surface area contributed by atoms with Crippen molar-refractivity contribution in [2.45, 2.75) is 18.7 Å². The Labute approximate surface area is 130 Å². The lowest BCUT2D eigenvalue weighted by Crippen LogP contribution is -2.19. The SMILES string of the molecule is CCOc1ccc(S(=O)(=O)NN=C(C)c2ccccc2)cc1. The maximum Gasteiger partial charge on any atom is 0.276 e. The highest BCUT2D eigenvalue weighted by molar-refractivity contribution is 7.89. The Kier molecular flexibility index (Phi) is 5.16. The Hall–Kier alpha value is -2.34. The molecule has 0 saturated heterocycles. The molecule has 0 saturated carbocycles. The molecule has 0 spiro atoms. The Morgan fingerprint density at radius 3 is 2.32 bits per heavy atom. The van der Waals surface area contributed by atoms with Crippen LogP contribution in [0.1, 0.15) is 19.4 Å². The first kappa shape index (κ1) is 16.0. The van der Waals surface area contributed by atoms with Crippen LogP contribution in [0.25, 0.3) is 0 Å². The molecule has 1 N–H and O–H groups in total. The molecule has 2 aromatic carbocycles. The van der Waals surface area contributed by atoms with Crippen molar-refractivity contribution in [3.05, 3.63) is 60.2 Å². The maximum atomic E-state index is 12.2. The first-order chi connectivity index (χ1) is 10.5. The van der Waals surface area contributed by atoms with E-state index in [9.17, 15) is 8.42 Å². The van der Waals surface area contributed by atoms with Crippen molar-refractivity contribution in [2.24, 2.45) is 5.10 Å². The van der Waals surface area contributed by atoms with Crippen molar-refractivity contribution in [2.75, 3.05) is 6.61 Å². The van der Waals surface area contributed by atoms with Gasteiger partial charge in [0.05, 0.1) is 17.2 Å². The van der Waals surface area contributed by atoms with Crippen LogP contribution in [-0.4, -0.2) is 20.7 Å². The lowest BCUT2D eigenvalue weighted by Gasteiger charge is -2.07. The lowest BCUT2D eigenvalue weighted by molar-refractivity contribution is 0.340. The Morgan fingerprint density at radius 1 is 1.09 bits per heavy atom. The van der Waals surface area contributed by atoms with E-state index in [1.165, 1.54) is 12.1 Å². The predicted molar refractivity (Wildman–Crippen MR) is 86.6 cm³/mol. The van der Waals surface area contributed by atoms with Gasteiger partial charge in [-0.05, 0) is 43.7 Å². The van der Waals surface area contributed by atoms with Crippen LogP contribution < -0.4 is 9.57 Å². The average Bonchev–Trinajstić information content (AvgIpc) is 2.54. The fraction of sp³-hybridized carbons (Fsp3) is 0.188. The molecule has 0 aliphatic rings. The quantitative estimate of drug-likeness (QED) is 0.658. The number of hydrazone groups is 1. The van der Waals surface area contributed by atoms with Crippen LogP contribution in [0.4, 0.5) is 0 Å². The van der Waals surface area contributed by atoms with E-state index in [0.717, 1.165) is 5.56 Å². The molecule has 0 heterocycles. The second-order valence-corrected chi connectivity index (χ2v) is 6.22. The van der Waals surface area contributed by atoms with Crippen LogP contribution in [0.15, 0.2) is 64.6 Å². The largest absolute Gasteiger partial charge is 0.494 e. The van der Waals surface area contributed by atoms with Gasteiger partial charge in [-0.15, -0.1) is 0 Å². The van der Waals surface area contributed by atoms with Gasteiger partial charge in [0.25, 0.3) is 10.0 Å². The summed E-state index contributed by atoms with van der Waals surface area (Å²) in [4.78, 5) is 2.38. The molecule has 0 fully saturated rings. The van der Waals surface area contributed by atoms with E-state index < -0.39 is 10.0 Å². The predicted octanol–water partition coefficient (Wildman–Crippen LogP) is 2.79. The van der Waals surface area contributed by atoms with Crippen molar-refractivity contribution in [3.8, 4) is 5.75 Å². The van der Waals surface area contributed by atoms with Crippen LogP contribution in [0.5, 0.6) is 5.75 Å². The van der Waals surface area contributed by atoms with E-state index in [2.05, 4.69) is 9.93 Å². The molecular weight excluding hydrogens is 300 g/mol. The molecular formula is C16H18N2O3S. The zero-order chi connectivity index (χ0) is 16.0. The number of nitrogens with zero attached hydrogens (tertiary/aromatic N) is 1. The molecule has 5 nitrogen and oxygen atoms in total. The van der Waals surface area contributed by atoms with Crippen LogP contribution in [0, 0.1) is 0 Å². The van der Waals surface area contributed by atoms with E-state index in [0.29, 0.717) is 18.1 Å². The molecule has 0 unspecified atom stereocenters. The molecule has 6 heteroatoms. The molecule has 0 atom stereocenters. The number of rotatable bonds is 6. The molecule has 0 aromatic heterocycles. The minimum Gasteiger partial charge on any atom is -0.494 e. The topological polar surface area (TPSA) is 67.8 Å². The molecule has 22 heavy (non-hydrogen) atoms. The zero-order valence-corrected chi connectivity index (χ0v) is 13.3. The molecule has 116 valence electrons. The number of hydrogen-bond acceptors (Lipinski definition) is 4. The van der Waals surface area contributed by atoms with Crippen molar-refractivity contribution in [3.63, 3.8) is 0 Å². The number of benzene rings is 2. The number of hydrogen-bond donors (Lipinski definition) is 1. The standard InChI is InChI=1S/C16H18N2O3S/c1-3-21-15-9-11-16(12-10-15)22(19,20)18-17-13(2)14-7-5-4-6-8-14/h4-12,18H,3H2,1-2H3. The monoisotopic (exact) mass is 318 g/mol. The highest BCUT2D eigenvalue weighted by Gasteiger charge is 2.13. The van der Waals surface area contributed by atoms with Gasteiger partial charge in [-0.1, -0.05) is 30.3 Å². The van der Waals surface area contributed by atoms with Crippen molar-refractivity contribution < 1.29 is 13.2 Å². The lowest BCUT2D eigenvalue weighted by atomic mass is 10.1. The molecule has 0 bridgehead atoms. The second kappa shape index (κ2) is 7.09. The third-order valence-electron chi connectivity index (χ3n) is 2.97. The van der Waals surface area contributed by atoms with Gasteiger partial charge in [-0.2, -0.15) is 18.4 Å². The van der Waals surface area contributed by atoms with Crippen LogP contribution in [0.3, 0.4) is 0 Å². The smallest absolute Gasteiger partial charge is 0.276 e. The van der Waals surface area contributed by atoms with Crippen LogP contribution >= 0.6 is 0 Å². The Morgan fingerprint density at radius 2 is 1.73 bits per heavy atom. The summed E-state index contributed by atoms with van der Waals surface area (Å²) in [5.74, 6) is 0.630. The van der Waals surface area contributed by atoms with Crippen LogP contribution in [0.2, 0.25) is 0 Å². The number of ether oxygens (including phenoxy) is 1. The van der Waals surface area contributed by atoms with E-state index in [-0.39, 0.29) is 4.90 Å². The minimum atomic E-state index is -3.69. The summed E-state index contributed by atoms with van der Waals surface area (Å²) in [6.07, 6.45) is 0. The van der Waals surface area contributed by atoms with Crippen LogP contribution in [-0.2, 0) is 10.0 Å². The molecule has 0 radical (unpaired) electrons. The third-order valence-corrected chi connectivity index (χ3v) is 4.19. The summed E-state index contributed by atoms with van der Waals surface area (Å²) >= 11 is 0. The fourth-order valence-electron chi connectivity index (χ4n) is 1.81. The van der Waals surface area contributed by atoms with E-state index in [1.807, 2.05) is 37.3 Å². The summed E-state index contributed by atoms with van der Waals surface area (Å²) in [5.41, 5.74) is 1.45. The molecule has 0 amide bonds. The number of nitrogens with one attached hydrogen (secondary N) is 1. The zero-order valence-electron chi connectivity index (χ0n) is 12.5. The normalized spacial score (nSPS) is 12.0. The van der Waals surface area contributed by atoms with Gasteiger partial charge in [0.15, 0.2) is 0 Å². The van der Waals surface area contributed by atoms with Crippen molar-refractivity contribution in [1.29, 1.82) is 0 Å². The van der Waals surface area contributed by atoms with Gasteiger partial charge in [-0.3, -0.25) is 0 Å². The first-order valence-corrected chi connectivity index (χ1v) is 8.35. The molecule has 2 aromatic rings. The van der Waals surface area contributed by atoms with E-state index in [4.69, 9.17) is 4.74 Å². The first-order valence-electron chi connectivity index (χ1n) is 6.87. The van der Waals surface area contributed by atoms with Gasteiger partial charge in [0, 0.05) is 0 Å². The highest BCUT2D eigenvalue weighted by atomic mass is 32.2. The second-order valence-electron chi connectivity index (χ2n) is 4.56. The summed E-state index contributed by atoms with van der Waals surface area (Å²) in [6.45, 7) is 4.15. The fourth-order valence-corrected chi connectivity index (χ4v) is 2.66. The highest BCUT2D eigenvalue weighted by Crippen LogP contribution is 2.15. The summed E-state index contributed by atoms with van der Waals surface area (Å²) in [6, 6.07) is 15.6.